The third-order valence-electron chi connectivity index (χ3n) is 5.84. The normalized spacial score (nSPS) is 26.5. The number of benzene rings is 1. The van der Waals surface area contributed by atoms with Crippen LogP contribution in [0.3, 0.4) is 0 Å². The summed E-state index contributed by atoms with van der Waals surface area (Å²) in [4.78, 5) is 16.0. The van der Waals surface area contributed by atoms with Crippen molar-refractivity contribution in [2.75, 3.05) is 32.1 Å². The lowest BCUT2D eigenvalue weighted by atomic mass is 9.78. The van der Waals surface area contributed by atoms with Gasteiger partial charge in [0.2, 0.25) is 0 Å². The van der Waals surface area contributed by atoms with Gasteiger partial charge in [-0.15, -0.1) is 0 Å². The lowest BCUT2D eigenvalue weighted by Crippen LogP contribution is -3.18. The molecule has 0 radical (unpaired) electrons. The van der Waals surface area contributed by atoms with Crippen LogP contribution >= 0.6 is 0 Å². The molecule has 3 atom stereocenters. The molecule has 1 amide bonds. The summed E-state index contributed by atoms with van der Waals surface area (Å²) in [5, 5.41) is 3.12. The van der Waals surface area contributed by atoms with Crippen molar-refractivity contribution in [2.24, 2.45) is 5.92 Å². The molecule has 1 aromatic carbocycles. The highest BCUT2D eigenvalue weighted by atomic mass is 16.2. The molecular weight excluding hydrogens is 298 g/mol. The third kappa shape index (κ3) is 4.29. The van der Waals surface area contributed by atoms with Crippen LogP contribution in [0.5, 0.6) is 0 Å². The summed E-state index contributed by atoms with van der Waals surface area (Å²) in [5.41, 5.74) is 2.35. The van der Waals surface area contributed by atoms with Crippen LogP contribution in [0.15, 0.2) is 24.3 Å². The second-order valence-corrected chi connectivity index (χ2v) is 7.72. The molecule has 24 heavy (non-hydrogen) atoms. The van der Waals surface area contributed by atoms with Gasteiger partial charge in [0.1, 0.15) is 0 Å². The summed E-state index contributed by atoms with van der Waals surface area (Å²) >= 11 is 0. The van der Waals surface area contributed by atoms with Gasteiger partial charge in [-0.05, 0) is 49.8 Å². The number of piperidine rings is 1. The van der Waals surface area contributed by atoms with E-state index < -0.39 is 0 Å². The first kappa shape index (κ1) is 17.3. The number of nitrogens with zero attached hydrogens (tertiary/aromatic N) is 1. The van der Waals surface area contributed by atoms with Crippen LogP contribution in [0.25, 0.3) is 0 Å². The summed E-state index contributed by atoms with van der Waals surface area (Å²) in [6, 6.07) is 9.13. The second-order valence-electron chi connectivity index (χ2n) is 7.72. The molecule has 1 heterocycles. The highest BCUT2D eigenvalue weighted by molar-refractivity contribution is 5.76. The zero-order valence-corrected chi connectivity index (χ0v) is 15.2. The first-order valence-corrected chi connectivity index (χ1v) is 9.51. The molecule has 0 bridgehead atoms. The predicted molar refractivity (Wildman–Crippen MR) is 98.3 cm³/mol. The first-order chi connectivity index (χ1) is 11.6. The number of fused-ring (bicyclic) bond motifs is 1. The Balaban J connectivity index is 1.48. The Kier molecular flexibility index (Phi) is 5.77. The number of hydrogen-bond acceptors (Lipinski definition) is 2. The number of likely N-dealkylation sites (tertiary alicyclic amines) is 1. The number of nitrogens with one attached hydrogen (secondary N) is 2. The van der Waals surface area contributed by atoms with Crippen molar-refractivity contribution in [1.29, 1.82) is 0 Å². The van der Waals surface area contributed by atoms with E-state index in [0.29, 0.717) is 13.1 Å². The Morgan fingerprint density at radius 1 is 1.12 bits per heavy atom. The van der Waals surface area contributed by atoms with E-state index in [1.165, 1.54) is 55.7 Å². The second kappa shape index (κ2) is 8.02. The third-order valence-corrected chi connectivity index (χ3v) is 5.84. The fraction of sp³-hybridized carbons (Fsp3) is 0.650. The van der Waals surface area contributed by atoms with Gasteiger partial charge in [-0.1, -0.05) is 18.6 Å². The standard InChI is InChI=1S/C20H31N3O/c1-22(2)18-11-9-16(10-12-18)14-21-20(24)15-23-13-5-7-17-6-3-4-8-19(17)23/h9-12,17,19H,3-8,13-15H2,1-2H3,(H,21,24)/p+1/t17-,19-/m0/s1. The van der Waals surface area contributed by atoms with Crippen molar-refractivity contribution in [3.63, 3.8) is 0 Å². The van der Waals surface area contributed by atoms with Crippen LogP contribution in [0.2, 0.25) is 0 Å². The average Bonchev–Trinajstić information content (AvgIpc) is 2.61. The molecule has 4 nitrogen and oxygen atoms in total. The minimum absolute atomic E-state index is 0.202. The van der Waals surface area contributed by atoms with Gasteiger partial charge in [0, 0.05) is 32.2 Å². The Morgan fingerprint density at radius 2 is 1.83 bits per heavy atom. The molecule has 0 spiro atoms. The van der Waals surface area contributed by atoms with Crippen molar-refractivity contribution in [3.05, 3.63) is 29.8 Å². The maximum absolute atomic E-state index is 12.4. The zero-order valence-electron chi connectivity index (χ0n) is 15.2. The van der Waals surface area contributed by atoms with E-state index in [2.05, 4.69) is 34.5 Å². The molecule has 2 N–H and O–H groups in total. The number of hydrogen-bond donors (Lipinski definition) is 2. The van der Waals surface area contributed by atoms with Crippen molar-refractivity contribution >= 4 is 11.6 Å². The van der Waals surface area contributed by atoms with Crippen molar-refractivity contribution in [1.82, 2.24) is 5.32 Å². The summed E-state index contributed by atoms with van der Waals surface area (Å²) in [6.07, 6.45) is 8.12. The van der Waals surface area contributed by atoms with E-state index in [1.54, 1.807) is 0 Å². The molecule has 0 aromatic heterocycles. The van der Waals surface area contributed by atoms with Gasteiger partial charge in [0.05, 0.1) is 12.6 Å². The predicted octanol–water partition coefficient (Wildman–Crippen LogP) is 1.61. The lowest BCUT2D eigenvalue weighted by Gasteiger charge is -2.40. The van der Waals surface area contributed by atoms with Gasteiger partial charge in [0.25, 0.3) is 5.91 Å². The number of carbonyl (C=O) groups excluding carboxylic acids is 1. The van der Waals surface area contributed by atoms with E-state index in [4.69, 9.17) is 0 Å². The maximum atomic E-state index is 12.4. The van der Waals surface area contributed by atoms with Crippen molar-refractivity contribution in [3.8, 4) is 0 Å². The van der Waals surface area contributed by atoms with Gasteiger partial charge < -0.3 is 15.1 Å². The highest BCUT2D eigenvalue weighted by Crippen LogP contribution is 2.28. The molecule has 4 heteroatoms. The summed E-state index contributed by atoms with van der Waals surface area (Å²) in [6.45, 7) is 2.46. The SMILES string of the molecule is CN(C)c1ccc(CNC(=O)C[NH+]2CCC[C@@H]3CCCC[C@@H]32)cc1. The molecule has 1 unspecified atom stereocenters. The van der Waals surface area contributed by atoms with Crippen LogP contribution < -0.4 is 15.1 Å². The number of anilines is 1. The fourth-order valence-electron chi connectivity index (χ4n) is 4.47. The zero-order chi connectivity index (χ0) is 16.9. The van der Waals surface area contributed by atoms with Crippen LogP contribution in [0.1, 0.15) is 44.1 Å². The van der Waals surface area contributed by atoms with E-state index in [-0.39, 0.29) is 5.91 Å². The number of rotatable bonds is 5. The van der Waals surface area contributed by atoms with Crippen LogP contribution in [0, 0.1) is 5.92 Å². The van der Waals surface area contributed by atoms with E-state index in [1.807, 2.05) is 14.1 Å². The molecule has 1 aliphatic heterocycles. The fourth-order valence-corrected chi connectivity index (χ4v) is 4.47. The Bertz CT molecular complexity index is 538. The smallest absolute Gasteiger partial charge is 0.275 e. The Hall–Kier alpha value is -1.55. The summed E-state index contributed by atoms with van der Waals surface area (Å²) in [5.74, 6) is 1.07. The van der Waals surface area contributed by atoms with Gasteiger partial charge in [-0.3, -0.25) is 4.79 Å². The Labute approximate surface area is 146 Å². The average molecular weight is 330 g/mol. The highest BCUT2D eigenvalue weighted by Gasteiger charge is 2.37. The minimum atomic E-state index is 0.202. The molecule has 1 saturated heterocycles. The number of carbonyl (C=O) groups is 1. The molecule has 1 aromatic rings. The largest absolute Gasteiger partial charge is 0.378 e. The van der Waals surface area contributed by atoms with Gasteiger partial charge in [-0.2, -0.15) is 0 Å². The number of amides is 1. The van der Waals surface area contributed by atoms with Crippen molar-refractivity contribution < 1.29 is 9.69 Å². The van der Waals surface area contributed by atoms with E-state index in [0.717, 1.165) is 17.5 Å². The van der Waals surface area contributed by atoms with Crippen molar-refractivity contribution in [2.45, 2.75) is 51.1 Å². The lowest BCUT2D eigenvalue weighted by molar-refractivity contribution is -0.928. The summed E-state index contributed by atoms with van der Waals surface area (Å²) in [7, 11) is 4.08. The Morgan fingerprint density at radius 3 is 2.58 bits per heavy atom. The van der Waals surface area contributed by atoms with Gasteiger partial charge in [0.15, 0.2) is 6.54 Å². The van der Waals surface area contributed by atoms with Crippen LogP contribution in [-0.2, 0) is 11.3 Å². The molecule has 2 aliphatic rings. The molecule has 2 fully saturated rings. The van der Waals surface area contributed by atoms with Gasteiger partial charge >= 0.3 is 0 Å². The molecule has 1 saturated carbocycles. The van der Waals surface area contributed by atoms with E-state index in [9.17, 15) is 4.79 Å². The van der Waals surface area contributed by atoms with Gasteiger partial charge in [-0.25, -0.2) is 0 Å². The molecule has 132 valence electrons. The molecular formula is C20H32N3O+. The quantitative estimate of drug-likeness (QED) is 0.861. The summed E-state index contributed by atoms with van der Waals surface area (Å²) < 4.78 is 0. The minimum Gasteiger partial charge on any atom is -0.378 e. The topological polar surface area (TPSA) is 36.8 Å². The van der Waals surface area contributed by atoms with Crippen LogP contribution in [0.4, 0.5) is 5.69 Å². The number of quaternary nitrogens is 1. The first-order valence-electron chi connectivity index (χ1n) is 9.51. The van der Waals surface area contributed by atoms with Crippen LogP contribution in [-0.4, -0.2) is 39.1 Å². The molecule has 1 aliphatic carbocycles. The monoisotopic (exact) mass is 330 g/mol. The molecule has 3 rings (SSSR count). The maximum Gasteiger partial charge on any atom is 0.275 e. The van der Waals surface area contributed by atoms with E-state index >= 15 is 0 Å².